The van der Waals surface area contributed by atoms with Crippen LogP contribution in [0.1, 0.15) is 26.0 Å². The molecule has 0 aliphatic rings. The molecule has 1 atom stereocenters. The molecule has 1 N–H and O–H groups in total. The van der Waals surface area contributed by atoms with E-state index in [9.17, 15) is 0 Å². The van der Waals surface area contributed by atoms with Crippen molar-refractivity contribution in [2.75, 3.05) is 5.32 Å². The molecule has 0 fully saturated rings. The molecule has 6 rings (SSSR count). The van der Waals surface area contributed by atoms with Gasteiger partial charge in [-0.2, -0.15) is 5.11 Å². The summed E-state index contributed by atoms with van der Waals surface area (Å²) in [6.07, 6.45) is 1.05. The fraction of sp³-hybridized carbons (Fsp3) is 0.147. The Balaban J connectivity index is 1.24. The van der Waals surface area contributed by atoms with Crippen LogP contribution in [0.15, 0.2) is 133 Å². The summed E-state index contributed by atoms with van der Waals surface area (Å²) in [5.41, 5.74) is 5.83. The second-order valence-electron chi connectivity index (χ2n) is 10.2. The molecule has 0 aliphatic carbocycles. The molecule has 0 aliphatic heterocycles. The van der Waals surface area contributed by atoms with Crippen LogP contribution < -0.4 is 5.32 Å². The monoisotopic (exact) mass is 582 g/mol. The number of azo groups is 3. The van der Waals surface area contributed by atoms with Crippen LogP contribution in [-0.4, -0.2) is 11.0 Å². The molecule has 6 aromatic rings. The minimum atomic E-state index is 0.382. The Morgan fingerprint density at radius 2 is 1.12 bits per heavy atom. The molecule has 0 radical (unpaired) electrons. The van der Waals surface area contributed by atoms with Crippen molar-refractivity contribution in [1.82, 2.24) is 4.98 Å². The standard InChI is InChI=1S/C34H30N8S/c1-4-22(2)35-30-17-18-32(27-10-6-5-9-26(27)30)40-41-33-20-19-31(28-11-7-8-12-29(28)33)39-37-24-13-15-25(16-14-24)38-42-34-36-23(3)21-43-34/h5-22,35H,4H2,1-3H3. The van der Waals surface area contributed by atoms with Crippen molar-refractivity contribution >= 4 is 72.1 Å². The topological polar surface area (TPSA) is 99.1 Å². The van der Waals surface area contributed by atoms with Crippen molar-refractivity contribution in [3.05, 3.63) is 108 Å². The van der Waals surface area contributed by atoms with E-state index in [0.717, 1.165) is 67.8 Å². The second kappa shape index (κ2) is 12.8. The molecular weight excluding hydrogens is 552 g/mol. The van der Waals surface area contributed by atoms with E-state index < -0.39 is 0 Å². The minimum absolute atomic E-state index is 0.382. The minimum Gasteiger partial charge on any atom is -0.382 e. The molecule has 0 bridgehead atoms. The maximum atomic E-state index is 4.69. The summed E-state index contributed by atoms with van der Waals surface area (Å²) in [6, 6.07) is 32.1. The van der Waals surface area contributed by atoms with Crippen LogP contribution in [-0.2, 0) is 0 Å². The highest BCUT2D eigenvalue weighted by molar-refractivity contribution is 7.13. The number of anilines is 1. The molecular formula is C34H30N8S. The number of rotatable bonds is 9. The van der Waals surface area contributed by atoms with Gasteiger partial charge in [0.05, 0.1) is 34.1 Å². The van der Waals surface area contributed by atoms with Gasteiger partial charge in [-0.25, -0.2) is 4.98 Å². The number of thiazole rings is 1. The average molecular weight is 583 g/mol. The molecule has 1 unspecified atom stereocenters. The van der Waals surface area contributed by atoms with Gasteiger partial charge in [-0.15, -0.1) is 36.9 Å². The normalized spacial score (nSPS) is 12.7. The van der Waals surface area contributed by atoms with Gasteiger partial charge in [-0.1, -0.05) is 55.5 Å². The van der Waals surface area contributed by atoms with Crippen molar-refractivity contribution in [1.29, 1.82) is 0 Å². The van der Waals surface area contributed by atoms with Crippen LogP contribution in [0.2, 0.25) is 0 Å². The Hall–Kier alpha value is -5.15. The van der Waals surface area contributed by atoms with E-state index in [1.54, 1.807) is 0 Å². The quantitative estimate of drug-likeness (QED) is 0.171. The summed E-state index contributed by atoms with van der Waals surface area (Å²) < 4.78 is 0. The molecule has 212 valence electrons. The molecule has 1 heterocycles. The Morgan fingerprint density at radius 1 is 0.628 bits per heavy atom. The molecule has 0 amide bonds. The van der Waals surface area contributed by atoms with Crippen molar-refractivity contribution in [3.63, 3.8) is 0 Å². The fourth-order valence-electron chi connectivity index (χ4n) is 4.60. The number of aryl methyl sites for hydroxylation is 1. The smallest absolute Gasteiger partial charge is 0.230 e. The predicted octanol–water partition coefficient (Wildman–Crippen LogP) is 12.2. The Bertz CT molecular complexity index is 1980. The number of fused-ring (bicyclic) bond motifs is 2. The van der Waals surface area contributed by atoms with E-state index in [-0.39, 0.29) is 0 Å². The molecule has 0 spiro atoms. The maximum absolute atomic E-state index is 4.69. The highest BCUT2D eigenvalue weighted by atomic mass is 32.1. The van der Waals surface area contributed by atoms with E-state index >= 15 is 0 Å². The molecule has 9 heteroatoms. The molecule has 5 aromatic carbocycles. The zero-order chi connectivity index (χ0) is 29.6. The highest BCUT2D eigenvalue weighted by Gasteiger charge is 2.09. The predicted molar refractivity (Wildman–Crippen MR) is 177 cm³/mol. The first-order valence-corrected chi connectivity index (χ1v) is 15.0. The summed E-state index contributed by atoms with van der Waals surface area (Å²) in [5.74, 6) is 0. The van der Waals surface area contributed by atoms with E-state index in [0.29, 0.717) is 11.2 Å². The number of aromatic nitrogens is 1. The largest absolute Gasteiger partial charge is 0.382 e. The van der Waals surface area contributed by atoms with Crippen LogP contribution >= 0.6 is 11.3 Å². The van der Waals surface area contributed by atoms with Crippen molar-refractivity contribution in [3.8, 4) is 0 Å². The summed E-state index contributed by atoms with van der Waals surface area (Å²) in [5, 5.41) is 37.1. The summed E-state index contributed by atoms with van der Waals surface area (Å²) in [6.45, 7) is 6.30. The van der Waals surface area contributed by atoms with Crippen LogP contribution in [0.3, 0.4) is 0 Å². The van der Waals surface area contributed by atoms with Crippen molar-refractivity contribution < 1.29 is 0 Å². The van der Waals surface area contributed by atoms with Crippen molar-refractivity contribution in [2.45, 2.75) is 33.2 Å². The fourth-order valence-corrected chi connectivity index (χ4v) is 5.21. The second-order valence-corrected chi connectivity index (χ2v) is 11.0. The van der Waals surface area contributed by atoms with Crippen LogP contribution in [0.4, 0.5) is 39.3 Å². The Kier molecular flexibility index (Phi) is 8.33. The molecule has 1 aromatic heterocycles. The molecule has 43 heavy (non-hydrogen) atoms. The van der Waals surface area contributed by atoms with Gasteiger partial charge in [0.25, 0.3) is 0 Å². The van der Waals surface area contributed by atoms with Gasteiger partial charge < -0.3 is 5.32 Å². The lowest BCUT2D eigenvalue weighted by Crippen LogP contribution is -2.13. The lowest BCUT2D eigenvalue weighted by atomic mass is 10.1. The number of hydrogen-bond acceptors (Lipinski definition) is 9. The lowest BCUT2D eigenvalue weighted by Gasteiger charge is -2.15. The van der Waals surface area contributed by atoms with Gasteiger partial charge in [0.1, 0.15) is 0 Å². The van der Waals surface area contributed by atoms with Crippen molar-refractivity contribution in [2.24, 2.45) is 30.7 Å². The summed E-state index contributed by atoms with van der Waals surface area (Å²) in [7, 11) is 0. The third-order valence-electron chi connectivity index (χ3n) is 7.04. The van der Waals surface area contributed by atoms with Crippen LogP contribution in [0.25, 0.3) is 21.5 Å². The molecule has 0 saturated carbocycles. The Labute approximate surface area is 254 Å². The van der Waals surface area contributed by atoms with E-state index in [4.69, 9.17) is 0 Å². The van der Waals surface area contributed by atoms with Gasteiger partial charge in [-0.3, -0.25) is 0 Å². The number of nitrogens with zero attached hydrogens (tertiary/aromatic N) is 7. The first-order chi connectivity index (χ1) is 21.1. The van der Waals surface area contributed by atoms with Gasteiger partial charge in [0.2, 0.25) is 5.13 Å². The van der Waals surface area contributed by atoms with Gasteiger partial charge in [0.15, 0.2) is 0 Å². The number of nitrogens with one attached hydrogen (secondary N) is 1. The van der Waals surface area contributed by atoms with E-state index in [1.807, 2.05) is 85.1 Å². The SMILES string of the molecule is CCC(C)Nc1ccc(N=Nc2ccc(N=Nc3ccc(N=Nc4nc(C)cs4)cc3)c3ccccc23)c2ccccc12. The third kappa shape index (κ3) is 6.52. The van der Waals surface area contributed by atoms with Crippen LogP contribution in [0.5, 0.6) is 0 Å². The Morgan fingerprint density at radius 3 is 1.65 bits per heavy atom. The van der Waals surface area contributed by atoms with E-state index in [2.05, 4.69) is 79.1 Å². The van der Waals surface area contributed by atoms with E-state index in [1.165, 1.54) is 11.3 Å². The summed E-state index contributed by atoms with van der Waals surface area (Å²) >= 11 is 1.46. The molecule has 8 nitrogen and oxygen atoms in total. The van der Waals surface area contributed by atoms with Gasteiger partial charge in [-0.05, 0) is 68.8 Å². The third-order valence-corrected chi connectivity index (χ3v) is 7.88. The number of benzene rings is 5. The van der Waals surface area contributed by atoms with Crippen LogP contribution in [0, 0.1) is 6.92 Å². The first-order valence-electron chi connectivity index (χ1n) is 14.1. The highest BCUT2D eigenvalue weighted by Crippen LogP contribution is 2.37. The zero-order valence-corrected chi connectivity index (χ0v) is 25.0. The van der Waals surface area contributed by atoms with Gasteiger partial charge in [0, 0.05) is 38.7 Å². The molecule has 0 saturated heterocycles. The zero-order valence-electron chi connectivity index (χ0n) is 24.1. The first kappa shape index (κ1) is 28.0. The average Bonchev–Trinajstić information content (AvgIpc) is 3.47. The maximum Gasteiger partial charge on any atom is 0.230 e. The summed E-state index contributed by atoms with van der Waals surface area (Å²) in [4.78, 5) is 4.30. The lowest BCUT2D eigenvalue weighted by molar-refractivity contribution is 0.765. The number of hydrogen-bond donors (Lipinski definition) is 1. The van der Waals surface area contributed by atoms with Gasteiger partial charge >= 0.3 is 0 Å².